The van der Waals surface area contributed by atoms with Crippen molar-refractivity contribution < 1.29 is 79.2 Å². The summed E-state index contributed by atoms with van der Waals surface area (Å²) in [5, 5.41) is 10.1. The van der Waals surface area contributed by atoms with E-state index in [1.165, 1.54) is 35.5 Å². The zero-order valence-corrected chi connectivity index (χ0v) is 69.4. The number of para-hydroxylation sites is 5. The van der Waals surface area contributed by atoms with Crippen LogP contribution in [0.2, 0.25) is 0 Å². The lowest BCUT2D eigenvalue weighted by atomic mass is 9.92. The van der Waals surface area contributed by atoms with Gasteiger partial charge in [0.25, 0.3) is 0 Å². The number of carbonyl (C=O) groups is 5. The summed E-state index contributed by atoms with van der Waals surface area (Å²) in [4.78, 5) is 61.6. The van der Waals surface area contributed by atoms with E-state index in [0.717, 1.165) is 188 Å². The molecule has 0 saturated carbocycles. The molecule has 0 N–H and O–H groups in total. The topological polar surface area (TPSA) is 216 Å². The first kappa shape index (κ1) is 80.5. The third kappa shape index (κ3) is 15.2. The maximum absolute atomic E-state index is 12.7. The molecule has 0 spiro atoms. The lowest BCUT2D eigenvalue weighted by molar-refractivity contribution is 0.0592. The van der Waals surface area contributed by atoms with Gasteiger partial charge < -0.3 is 55.2 Å². The van der Waals surface area contributed by atoms with E-state index in [1.54, 1.807) is 18.2 Å². The summed E-state index contributed by atoms with van der Waals surface area (Å²) in [6.45, 7) is 4.15. The van der Waals surface area contributed by atoms with Crippen molar-refractivity contribution in [3.63, 3.8) is 0 Å². The molecule has 5 aromatic heterocycles. The van der Waals surface area contributed by atoms with Gasteiger partial charge in [-0.05, 0) is 178 Å². The highest BCUT2D eigenvalue weighted by Crippen LogP contribution is 2.47. The Bertz CT molecular complexity index is 7820. The van der Waals surface area contributed by atoms with Crippen LogP contribution in [0.4, 0.5) is 0 Å². The largest absolute Gasteiger partial charge is 0.465 e. The van der Waals surface area contributed by atoms with Crippen LogP contribution in [0.3, 0.4) is 0 Å². The number of carbonyl (C=O) groups excluding carboxylic acids is 5. The third-order valence-corrected chi connectivity index (χ3v) is 22.5. The van der Waals surface area contributed by atoms with Gasteiger partial charge in [0.15, 0.2) is 11.5 Å². The highest BCUT2D eigenvalue weighted by Gasteiger charge is 2.28. The van der Waals surface area contributed by atoms with Crippen LogP contribution in [0, 0.1) is 13.8 Å². The molecule has 0 atom stereocenters. The fourth-order valence-electron chi connectivity index (χ4n) is 16.8. The summed E-state index contributed by atoms with van der Waals surface area (Å²) in [5.41, 5.74) is 23.8. The van der Waals surface area contributed by atoms with Gasteiger partial charge in [-0.2, -0.15) is 0 Å². The molecule has 21 aromatic rings. The highest BCUT2D eigenvalue weighted by molar-refractivity contribution is 6.20. The van der Waals surface area contributed by atoms with E-state index in [4.69, 9.17) is 55.2 Å². The van der Waals surface area contributed by atoms with E-state index in [2.05, 4.69) is 0 Å². The lowest BCUT2D eigenvalue weighted by Gasteiger charge is -2.12. The quantitative estimate of drug-likeness (QED) is 0.0869. The Morgan fingerprint density at radius 2 is 0.540 bits per heavy atom. The summed E-state index contributed by atoms with van der Waals surface area (Å²) < 4.78 is 65.7. The Morgan fingerprint density at radius 3 is 0.984 bits per heavy atom. The Morgan fingerprint density at radius 1 is 0.230 bits per heavy atom. The van der Waals surface area contributed by atoms with Crippen molar-refractivity contribution in [2.24, 2.45) is 0 Å². The standard InChI is InChI=1S/C26H18O3.C21H14O5.2C21H16O3.C20H14O3/c1-28-26(27)22-16-18(17-8-3-2-4-9-17)14-15-19(22)20-11-7-13-24-25(20)21-10-5-6-12-23(21)29-24;1-23-21(22)15-10-19-18(24-11-25-19)9-14(15)12-6-4-8-17-20(12)13-5-2-3-7-16(13)26-17;1-13-7-5-10-16(21(22)23-2)19(13)15-9-6-12-18-20(15)14-8-3-4-11-17(14)24-18;1-13-10-11-15(21(22)23-2)17(12-13)14-7-5-9-19-20(14)16-6-3-4-8-18(16)24-19;1-22-20(21)15-8-3-2-7-13(15)14-10-6-12-18-19(14)16-9-4-5-11-17(16)23-18/h2-16H,1H3;2-10H,11H2,1H3;2*3-12H,1-2H3;2-12H,1H3. The molecular formula is C109H78O17. The number of hydrogen-bond donors (Lipinski definition) is 0. The van der Waals surface area contributed by atoms with E-state index in [1.807, 2.05) is 329 Å². The van der Waals surface area contributed by atoms with Gasteiger partial charge in [-0.25, -0.2) is 24.0 Å². The molecule has 126 heavy (non-hydrogen) atoms. The normalized spacial score (nSPS) is 11.4. The molecule has 0 radical (unpaired) electrons. The zero-order chi connectivity index (χ0) is 86.6. The number of rotatable bonds is 11. The van der Waals surface area contributed by atoms with Crippen molar-refractivity contribution in [2.75, 3.05) is 42.3 Å². The van der Waals surface area contributed by atoms with Gasteiger partial charge in [-0.3, -0.25) is 0 Å². The van der Waals surface area contributed by atoms with Gasteiger partial charge in [-0.1, -0.05) is 242 Å². The molecule has 17 heteroatoms. The number of benzene rings is 16. The Balaban J connectivity index is 0.000000107. The van der Waals surface area contributed by atoms with Gasteiger partial charge in [0.05, 0.1) is 63.4 Å². The molecule has 0 amide bonds. The van der Waals surface area contributed by atoms with Crippen LogP contribution in [0.1, 0.15) is 62.9 Å². The molecule has 0 bridgehead atoms. The van der Waals surface area contributed by atoms with E-state index < -0.39 is 5.97 Å². The Hall–Kier alpha value is -16.5. The van der Waals surface area contributed by atoms with Gasteiger partial charge in [0, 0.05) is 59.4 Å². The van der Waals surface area contributed by atoms with Crippen LogP contribution in [-0.4, -0.2) is 72.2 Å². The maximum Gasteiger partial charge on any atom is 0.338 e. The van der Waals surface area contributed by atoms with E-state index >= 15 is 0 Å². The van der Waals surface area contributed by atoms with E-state index in [0.29, 0.717) is 39.3 Å². The summed E-state index contributed by atoms with van der Waals surface area (Å²) in [5.74, 6) is -0.653. The second kappa shape index (κ2) is 34.9. The van der Waals surface area contributed by atoms with Crippen LogP contribution in [0.25, 0.3) is 176 Å². The first-order valence-electron chi connectivity index (χ1n) is 40.6. The maximum atomic E-state index is 12.7. The first-order chi connectivity index (χ1) is 61.7. The van der Waals surface area contributed by atoms with Gasteiger partial charge >= 0.3 is 29.8 Å². The molecule has 1 aliphatic rings. The summed E-state index contributed by atoms with van der Waals surface area (Å²) in [6.07, 6.45) is 0. The minimum atomic E-state index is -0.428. The second-order valence-corrected chi connectivity index (χ2v) is 29.8. The Labute approximate surface area is 721 Å². The van der Waals surface area contributed by atoms with Gasteiger partial charge in [0.2, 0.25) is 6.79 Å². The van der Waals surface area contributed by atoms with E-state index in [9.17, 15) is 24.0 Å². The minimum absolute atomic E-state index is 0.137. The number of esters is 5. The van der Waals surface area contributed by atoms with Crippen molar-refractivity contribution in [1.82, 2.24) is 0 Å². The smallest absolute Gasteiger partial charge is 0.338 e. The van der Waals surface area contributed by atoms with Crippen LogP contribution in [0.15, 0.2) is 356 Å². The predicted molar refractivity (Wildman–Crippen MR) is 494 cm³/mol. The number of furan rings is 5. The average Bonchev–Trinajstić information content (AvgIpc) is 1.58. The number of aryl methyl sites for hydroxylation is 2. The average molecular weight is 1660 g/mol. The fraction of sp³-hybridized carbons (Fsp3) is 0.0734. The predicted octanol–water partition coefficient (Wildman–Crippen LogP) is 27.2. The summed E-state index contributed by atoms with van der Waals surface area (Å²) in [6, 6.07) is 107. The van der Waals surface area contributed by atoms with Crippen molar-refractivity contribution in [2.45, 2.75) is 13.8 Å². The van der Waals surface area contributed by atoms with Crippen molar-refractivity contribution in [3.05, 3.63) is 373 Å². The number of methoxy groups -OCH3 is 5. The molecule has 16 aromatic carbocycles. The molecule has 616 valence electrons. The van der Waals surface area contributed by atoms with Crippen LogP contribution < -0.4 is 9.47 Å². The van der Waals surface area contributed by atoms with Crippen LogP contribution in [0.5, 0.6) is 11.5 Å². The first-order valence-corrected chi connectivity index (χ1v) is 40.6. The molecule has 0 unspecified atom stereocenters. The molecule has 0 fully saturated rings. The van der Waals surface area contributed by atoms with Crippen LogP contribution in [-0.2, 0) is 23.7 Å². The molecule has 17 nitrogen and oxygen atoms in total. The zero-order valence-electron chi connectivity index (χ0n) is 69.4. The molecular weight excluding hydrogens is 1580 g/mol. The molecule has 0 aliphatic carbocycles. The SMILES string of the molecule is COC(=O)c1cc(-c2ccccc2)ccc1-c1cccc2oc3ccccc3c12.COC(=O)c1cc2c(cc1-c1cccc3oc4ccccc4c13)OCO2.COC(=O)c1ccc(C)cc1-c1cccc2oc3ccccc3c12.COC(=O)c1cccc(C)c1-c1cccc2oc3ccccc3c12.COC(=O)c1ccccc1-c1cccc2oc3ccccc3c12. The van der Waals surface area contributed by atoms with Crippen molar-refractivity contribution >= 4 is 140 Å². The number of hydrogen-bond acceptors (Lipinski definition) is 17. The number of ether oxygens (including phenoxy) is 7. The second-order valence-electron chi connectivity index (χ2n) is 29.8. The van der Waals surface area contributed by atoms with Gasteiger partial charge in [-0.15, -0.1) is 0 Å². The summed E-state index contributed by atoms with van der Waals surface area (Å²) >= 11 is 0. The number of fused-ring (bicyclic) bond motifs is 16. The monoisotopic (exact) mass is 1660 g/mol. The minimum Gasteiger partial charge on any atom is -0.465 e. The molecule has 0 saturated heterocycles. The van der Waals surface area contributed by atoms with E-state index in [-0.39, 0.29) is 30.7 Å². The fourth-order valence-corrected chi connectivity index (χ4v) is 16.8. The van der Waals surface area contributed by atoms with Crippen molar-refractivity contribution in [1.29, 1.82) is 0 Å². The molecule has 22 rings (SSSR count). The molecule has 6 heterocycles. The summed E-state index contributed by atoms with van der Waals surface area (Å²) in [7, 11) is 6.98. The molecule has 1 aliphatic heterocycles. The van der Waals surface area contributed by atoms with Gasteiger partial charge in [0.1, 0.15) is 55.8 Å². The highest BCUT2D eigenvalue weighted by atomic mass is 16.7. The Kier molecular flexibility index (Phi) is 22.3. The van der Waals surface area contributed by atoms with Crippen LogP contribution >= 0.6 is 0 Å². The lowest BCUT2D eigenvalue weighted by Crippen LogP contribution is -2.04. The van der Waals surface area contributed by atoms with Crippen molar-refractivity contribution in [3.8, 4) is 78.3 Å². The third-order valence-electron chi connectivity index (χ3n) is 22.5.